The minimum Gasteiger partial charge on any atom is -0.328 e. The lowest BCUT2D eigenvalue weighted by Gasteiger charge is -1.97. The van der Waals surface area contributed by atoms with E-state index >= 15 is 0 Å². The number of halogens is 2. The van der Waals surface area contributed by atoms with Crippen LogP contribution in [0.1, 0.15) is 19.3 Å². The van der Waals surface area contributed by atoms with Crippen molar-refractivity contribution in [3.8, 4) is 0 Å². The Morgan fingerprint density at radius 2 is 1.22 bits per heavy atom. The molecular formula is C5H14Cl2N2. The average molecular weight is 173 g/mol. The van der Waals surface area contributed by atoms with E-state index < -0.39 is 0 Å². The zero-order valence-corrected chi connectivity index (χ0v) is 6.88. The molecule has 0 amide bonds. The number of nitrogens with two attached hydrogens (primary N) is 2. The standard InChI is InChI=1S/C5H12N2.2ClH/c6-4-1-2-5(7)3-4;;/h4-5H,1-3,6-7H2;2*1H. The van der Waals surface area contributed by atoms with Crippen LogP contribution in [-0.4, -0.2) is 12.1 Å². The Balaban J connectivity index is 0. The van der Waals surface area contributed by atoms with Crippen LogP contribution in [0.2, 0.25) is 0 Å². The molecule has 4 N–H and O–H groups in total. The minimum absolute atomic E-state index is 0. The van der Waals surface area contributed by atoms with E-state index in [1.807, 2.05) is 0 Å². The number of hydrogen-bond acceptors (Lipinski definition) is 2. The molecule has 0 spiro atoms. The maximum absolute atomic E-state index is 5.55. The maximum Gasteiger partial charge on any atom is 0.00541 e. The highest BCUT2D eigenvalue weighted by Crippen LogP contribution is 2.13. The van der Waals surface area contributed by atoms with Crippen molar-refractivity contribution in [2.24, 2.45) is 11.5 Å². The van der Waals surface area contributed by atoms with Gasteiger partial charge in [0.25, 0.3) is 0 Å². The largest absolute Gasteiger partial charge is 0.328 e. The molecule has 1 aliphatic rings. The van der Waals surface area contributed by atoms with Gasteiger partial charge in [-0.15, -0.1) is 24.8 Å². The van der Waals surface area contributed by atoms with Gasteiger partial charge in [-0.2, -0.15) is 0 Å². The summed E-state index contributed by atoms with van der Waals surface area (Å²) in [6.07, 6.45) is 3.28. The molecule has 2 nitrogen and oxygen atoms in total. The third-order valence-corrected chi connectivity index (χ3v) is 1.51. The molecular weight excluding hydrogens is 159 g/mol. The van der Waals surface area contributed by atoms with E-state index in [-0.39, 0.29) is 24.8 Å². The first kappa shape index (κ1) is 12.2. The molecule has 1 rings (SSSR count). The van der Waals surface area contributed by atoms with Gasteiger partial charge in [0.15, 0.2) is 0 Å². The molecule has 0 radical (unpaired) electrons. The predicted molar refractivity (Wildman–Crippen MR) is 44.3 cm³/mol. The van der Waals surface area contributed by atoms with Gasteiger partial charge in [-0.1, -0.05) is 0 Å². The Morgan fingerprint density at radius 1 is 0.889 bits per heavy atom. The van der Waals surface area contributed by atoms with Crippen LogP contribution in [0.4, 0.5) is 0 Å². The van der Waals surface area contributed by atoms with Crippen LogP contribution >= 0.6 is 24.8 Å². The van der Waals surface area contributed by atoms with Gasteiger partial charge in [-0.25, -0.2) is 0 Å². The van der Waals surface area contributed by atoms with Crippen molar-refractivity contribution in [1.82, 2.24) is 0 Å². The molecule has 1 saturated carbocycles. The highest BCUT2D eigenvalue weighted by Gasteiger charge is 2.16. The fourth-order valence-electron chi connectivity index (χ4n) is 1.05. The fourth-order valence-corrected chi connectivity index (χ4v) is 1.05. The third-order valence-electron chi connectivity index (χ3n) is 1.51. The summed E-state index contributed by atoms with van der Waals surface area (Å²) in [4.78, 5) is 0. The van der Waals surface area contributed by atoms with Crippen LogP contribution < -0.4 is 11.5 Å². The summed E-state index contributed by atoms with van der Waals surface area (Å²) < 4.78 is 0. The Kier molecular flexibility index (Phi) is 7.18. The van der Waals surface area contributed by atoms with Gasteiger partial charge in [-0.3, -0.25) is 0 Å². The van der Waals surface area contributed by atoms with Gasteiger partial charge in [0.2, 0.25) is 0 Å². The Bertz CT molecular complexity index is 62.0. The molecule has 0 bridgehead atoms. The zero-order valence-electron chi connectivity index (χ0n) is 5.25. The molecule has 0 aliphatic heterocycles. The van der Waals surface area contributed by atoms with Crippen molar-refractivity contribution in [2.45, 2.75) is 31.3 Å². The first-order valence-electron chi connectivity index (χ1n) is 2.80. The van der Waals surface area contributed by atoms with Crippen LogP contribution in [0.3, 0.4) is 0 Å². The molecule has 1 fully saturated rings. The summed E-state index contributed by atoms with van der Waals surface area (Å²) in [6.45, 7) is 0. The van der Waals surface area contributed by atoms with Gasteiger partial charge in [0.1, 0.15) is 0 Å². The van der Waals surface area contributed by atoms with E-state index in [1.54, 1.807) is 0 Å². The van der Waals surface area contributed by atoms with E-state index in [1.165, 1.54) is 0 Å². The summed E-state index contributed by atoms with van der Waals surface area (Å²) in [5, 5.41) is 0. The Labute approximate surface area is 68.2 Å². The van der Waals surface area contributed by atoms with Gasteiger partial charge < -0.3 is 11.5 Å². The van der Waals surface area contributed by atoms with E-state index in [9.17, 15) is 0 Å². The van der Waals surface area contributed by atoms with Crippen molar-refractivity contribution in [2.75, 3.05) is 0 Å². The molecule has 0 saturated heterocycles. The fraction of sp³-hybridized carbons (Fsp3) is 1.00. The molecule has 1 aliphatic carbocycles. The molecule has 0 aromatic carbocycles. The SMILES string of the molecule is Cl.Cl.NC1CCC(N)C1. The first-order valence-corrected chi connectivity index (χ1v) is 2.80. The van der Waals surface area contributed by atoms with E-state index in [0.29, 0.717) is 12.1 Å². The highest BCUT2D eigenvalue weighted by molar-refractivity contribution is 5.85. The molecule has 58 valence electrons. The molecule has 4 heteroatoms. The van der Waals surface area contributed by atoms with Gasteiger partial charge in [-0.05, 0) is 19.3 Å². The number of hydrogen-bond donors (Lipinski definition) is 2. The quantitative estimate of drug-likeness (QED) is 0.565. The van der Waals surface area contributed by atoms with Crippen molar-refractivity contribution in [3.63, 3.8) is 0 Å². The average Bonchev–Trinajstić information content (AvgIpc) is 1.87. The second-order valence-electron chi connectivity index (χ2n) is 2.33. The predicted octanol–water partition coefficient (Wildman–Crippen LogP) is 0.668. The Hall–Kier alpha value is 0.500. The second-order valence-corrected chi connectivity index (χ2v) is 2.33. The normalized spacial score (nSPS) is 32.7. The smallest absolute Gasteiger partial charge is 0.00541 e. The van der Waals surface area contributed by atoms with Crippen LogP contribution in [0.5, 0.6) is 0 Å². The van der Waals surface area contributed by atoms with Gasteiger partial charge in [0, 0.05) is 12.1 Å². The van der Waals surface area contributed by atoms with Crippen molar-refractivity contribution in [1.29, 1.82) is 0 Å². The monoisotopic (exact) mass is 172 g/mol. The molecule has 9 heavy (non-hydrogen) atoms. The van der Waals surface area contributed by atoms with Crippen LogP contribution in [0, 0.1) is 0 Å². The van der Waals surface area contributed by atoms with E-state index in [2.05, 4.69) is 0 Å². The second kappa shape index (κ2) is 5.30. The summed E-state index contributed by atoms with van der Waals surface area (Å²) in [5.41, 5.74) is 11.1. The molecule has 0 aromatic rings. The summed E-state index contributed by atoms with van der Waals surface area (Å²) in [6, 6.07) is 0.796. The summed E-state index contributed by atoms with van der Waals surface area (Å²) in [5.74, 6) is 0. The van der Waals surface area contributed by atoms with Crippen molar-refractivity contribution >= 4 is 24.8 Å². The molecule has 2 unspecified atom stereocenters. The Morgan fingerprint density at radius 3 is 1.33 bits per heavy atom. The zero-order chi connectivity index (χ0) is 5.28. The summed E-state index contributed by atoms with van der Waals surface area (Å²) >= 11 is 0. The topological polar surface area (TPSA) is 52.0 Å². The van der Waals surface area contributed by atoms with Crippen LogP contribution in [-0.2, 0) is 0 Å². The third kappa shape index (κ3) is 3.98. The van der Waals surface area contributed by atoms with Crippen LogP contribution in [0.15, 0.2) is 0 Å². The highest BCUT2D eigenvalue weighted by atomic mass is 35.5. The lowest BCUT2D eigenvalue weighted by molar-refractivity contribution is 0.666. The van der Waals surface area contributed by atoms with Gasteiger partial charge in [0.05, 0.1) is 0 Å². The van der Waals surface area contributed by atoms with E-state index in [4.69, 9.17) is 11.5 Å². The van der Waals surface area contributed by atoms with Gasteiger partial charge >= 0.3 is 0 Å². The molecule has 0 heterocycles. The van der Waals surface area contributed by atoms with E-state index in [0.717, 1.165) is 19.3 Å². The molecule has 2 atom stereocenters. The maximum atomic E-state index is 5.55. The summed E-state index contributed by atoms with van der Waals surface area (Å²) in [7, 11) is 0. The lowest BCUT2D eigenvalue weighted by Crippen LogP contribution is -2.20. The van der Waals surface area contributed by atoms with Crippen molar-refractivity contribution < 1.29 is 0 Å². The number of rotatable bonds is 0. The van der Waals surface area contributed by atoms with Crippen molar-refractivity contribution in [3.05, 3.63) is 0 Å². The first-order chi connectivity index (χ1) is 3.29. The van der Waals surface area contributed by atoms with Crippen LogP contribution in [0.25, 0.3) is 0 Å². The lowest BCUT2D eigenvalue weighted by atomic mass is 10.2. The minimum atomic E-state index is 0. The molecule has 0 aromatic heterocycles.